The topological polar surface area (TPSA) is 26.0 Å². The molecule has 1 nitrogen and oxygen atoms in total. The van der Waals surface area contributed by atoms with Gasteiger partial charge in [0.2, 0.25) is 0 Å². The van der Waals surface area contributed by atoms with Crippen LogP contribution in [0.2, 0.25) is 5.02 Å². The Morgan fingerprint density at radius 3 is 2.86 bits per heavy atom. The first kappa shape index (κ1) is 15.1. The Balaban J connectivity index is 1.81. The normalized spacial score (nSPS) is 19.1. The minimum absolute atomic E-state index is 0.0123. The first-order valence-corrected chi connectivity index (χ1v) is 8.60. The Morgan fingerprint density at radius 1 is 1.24 bits per heavy atom. The molecule has 110 valence electrons. The molecular formula is C18H19BrClN. The lowest BCUT2D eigenvalue weighted by atomic mass is 9.79. The zero-order chi connectivity index (χ0) is 14.8. The second kappa shape index (κ2) is 6.51. The van der Waals surface area contributed by atoms with Crippen LogP contribution in [0.3, 0.4) is 0 Å². The first-order valence-electron chi connectivity index (χ1n) is 7.43. The summed E-state index contributed by atoms with van der Waals surface area (Å²) >= 11 is 9.77. The van der Waals surface area contributed by atoms with Crippen molar-refractivity contribution in [1.82, 2.24) is 0 Å². The summed E-state index contributed by atoms with van der Waals surface area (Å²) in [6, 6.07) is 14.7. The van der Waals surface area contributed by atoms with Crippen LogP contribution in [0.1, 0.15) is 47.9 Å². The smallest absolute Gasteiger partial charge is 0.0464 e. The molecule has 3 heteroatoms. The van der Waals surface area contributed by atoms with Crippen LogP contribution in [-0.2, 0) is 6.42 Å². The molecule has 2 N–H and O–H groups in total. The largest absolute Gasteiger partial charge is 0.324 e. The molecule has 0 aliphatic heterocycles. The number of hydrogen-bond donors (Lipinski definition) is 1. The Bertz CT molecular complexity index is 641. The van der Waals surface area contributed by atoms with Crippen molar-refractivity contribution in [3.8, 4) is 0 Å². The fourth-order valence-electron chi connectivity index (χ4n) is 3.34. The van der Waals surface area contributed by atoms with Gasteiger partial charge in [-0.15, -0.1) is 0 Å². The van der Waals surface area contributed by atoms with Gasteiger partial charge in [-0.3, -0.25) is 0 Å². The lowest BCUT2D eigenvalue weighted by Gasteiger charge is -2.28. The summed E-state index contributed by atoms with van der Waals surface area (Å²) in [5.74, 6) is 0.546. The molecule has 2 atom stereocenters. The maximum Gasteiger partial charge on any atom is 0.0464 e. The zero-order valence-electron chi connectivity index (χ0n) is 11.9. The van der Waals surface area contributed by atoms with Gasteiger partial charge < -0.3 is 5.73 Å². The van der Waals surface area contributed by atoms with E-state index in [9.17, 15) is 0 Å². The quantitative estimate of drug-likeness (QED) is 0.752. The molecule has 21 heavy (non-hydrogen) atoms. The summed E-state index contributed by atoms with van der Waals surface area (Å²) < 4.78 is 0.992. The summed E-state index contributed by atoms with van der Waals surface area (Å²) in [4.78, 5) is 0. The number of benzene rings is 2. The van der Waals surface area contributed by atoms with Crippen molar-refractivity contribution >= 4 is 27.5 Å². The molecule has 0 spiro atoms. The van der Waals surface area contributed by atoms with Gasteiger partial charge in [-0.25, -0.2) is 0 Å². The van der Waals surface area contributed by atoms with Crippen LogP contribution in [-0.4, -0.2) is 0 Å². The third-order valence-corrected chi connectivity index (χ3v) is 5.21. The summed E-state index contributed by atoms with van der Waals surface area (Å²) in [5, 5.41) is 0.751. The molecule has 1 aliphatic rings. The Hall–Kier alpha value is -0.830. The Morgan fingerprint density at radius 2 is 2.05 bits per heavy atom. The highest BCUT2D eigenvalue weighted by Crippen LogP contribution is 2.38. The molecule has 0 bridgehead atoms. The lowest BCUT2D eigenvalue weighted by Crippen LogP contribution is -2.18. The molecular weight excluding hydrogens is 346 g/mol. The highest BCUT2D eigenvalue weighted by molar-refractivity contribution is 9.10. The standard InChI is InChI=1S/C18H19BrClN/c19-14-8-9-16(17(20)11-14)18(21)10-13-6-3-5-12-4-1-2-7-15(12)13/h1-2,4,7-9,11,13,18H,3,5-6,10,21H2. The summed E-state index contributed by atoms with van der Waals surface area (Å²) in [5.41, 5.74) is 10.4. The van der Waals surface area contributed by atoms with Gasteiger partial charge in [-0.05, 0) is 60.4 Å². The van der Waals surface area contributed by atoms with Crippen LogP contribution in [0.5, 0.6) is 0 Å². The lowest BCUT2D eigenvalue weighted by molar-refractivity contribution is 0.476. The second-order valence-corrected chi connectivity index (χ2v) is 7.12. The van der Waals surface area contributed by atoms with Crippen molar-refractivity contribution in [3.63, 3.8) is 0 Å². The van der Waals surface area contributed by atoms with Crippen LogP contribution < -0.4 is 5.73 Å². The molecule has 2 aromatic carbocycles. The van der Waals surface area contributed by atoms with Gasteiger partial charge in [0, 0.05) is 15.5 Å². The summed E-state index contributed by atoms with van der Waals surface area (Å²) in [7, 11) is 0. The molecule has 0 fully saturated rings. The Labute approximate surface area is 139 Å². The van der Waals surface area contributed by atoms with Crippen molar-refractivity contribution in [3.05, 3.63) is 68.7 Å². The van der Waals surface area contributed by atoms with E-state index in [-0.39, 0.29) is 6.04 Å². The van der Waals surface area contributed by atoms with Crippen molar-refractivity contribution in [2.75, 3.05) is 0 Å². The maximum absolute atomic E-state index is 6.43. The van der Waals surface area contributed by atoms with Crippen LogP contribution in [0.25, 0.3) is 0 Å². The van der Waals surface area contributed by atoms with Crippen LogP contribution in [0, 0.1) is 0 Å². The van der Waals surface area contributed by atoms with Gasteiger partial charge >= 0.3 is 0 Å². The van der Waals surface area contributed by atoms with Gasteiger partial charge in [0.25, 0.3) is 0 Å². The molecule has 0 amide bonds. The molecule has 0 aromatic heterocycles. The Kier molecular flexibility index (Phi) is 4.68. The minimum atomic E-state index is -0.0123. The molecule has 3 rings (SSSR count). The molecule has 2 aromatic rings. The average molecular weight is 365 g/mol. The highest BCUT2D eigenvalue weighted by atomic mass is 79.9. The van der Waals surface area contributed by atoms with E-state index in [0.717, 1.165) is 21.5 Å². The molecule has 2 unspecified atom stereocenters. The number of rotatable bonds is 3. The van der Waals surface area contributed by atoms with E-state index in [0.29, 0.717) is 5.92 Å². The van der Waals surface area contributed by atoms with E-state index in [4.69, 9.17) is 17.3 Å². The van der Waals surface area contributed by atoms with Gasteiger partial charge in [0.1, 0.15) is 0 Å². The average Bonchev–Trinajstić information content (AvgIpc) is 2.47. The van der Waals surface area contributed by atoms with E-state index < -0.39 is 0 Å². The van der Waals surface area contributed by atoms with Crippen molar-refractivity contribution in [2.24, 2.45) is 5.73 Å². The first-order chi connectivity index (χ1) is 10.1. The van der Waals surface area contributed by atoms with E-state index in [2.05, 4.69) is 40.2 Å². The SMILES string of the molecule is NC(CC1CCCc2ccccc21)c1ccc(Br)cc1Cl. The molecule has 0 saturated heterocycles. The van der Waals surface area contributed by atoms with E-state index in [1.54, 1.807) is 0 Å². The second-order valence-electron chi connectivity index (χ2n) is 5.80. The van der Waals surface area contributed by atoms with E-state index in [1.807, 2.05) is 18.2 Å². The van der Waals surface area contributed by atoms with E-state index >= 15 is 0 Å². The zero-order valence-corrected chi connectivity index (χ0v) is 14.2. The minimum Gasteiger partial charge on any atom is -0.324 e. The number of aryl methyl sites for hydroxylation is 1. The van der Waals surface area contributed by atoms with Gasteiger partial charge in [0.05, 0.1) is 0 Å². The van der Waals surface area contributed by atoms with Gasteiger partial charge in [-0.2, -0.15) is 0 Å². The molecule has 0 saturated carbocycles. The summed E-state index contributed by atoms with van der Waals surface area (Å²) in [6.45, 7) is 0. The predicted molar refractivity (Wildman–Crippen MR) is 92.8 cm³/mol. The van der Waals surface area contributed by atoms with Crippen LogP contribution in [0.4, 0.5) is 0 Å². The fourth-order valence-corrected chi connectivity index (χ4v) is 4.15. The van der Waals surface area contributed by atoms with Crippen molar-refractivity contribution in [2.45, 2.75) is 37.6 Å². The van der Waals surface area contributed by atoms with E-state index in [1.165, 1.54) is 30.4 Å². The predicted octanol–water partition coefficient (Wildman–Crippen LogP) is 5.61. The van der Waals surface area contributed by atoms with Gasteiger partial charge in [-0.1, -0.05) is 57.9 Å². The fraction of sp³-hybridized carbons (Fsp3) is 0.333. The molecule has 1 aliphatic carbocycles. The monoisotopic (exact) mass is 363 g/mol. The summed E-state index contributed by atoms with van der Waals surface area (Å²) in [6.07, 6.45) is 4.63. The van der Waals surface area contributed by atoms with Crippen LogP contribution >= 0.6 is 27.5 Å². The van der Waals surface area contributed by atoms with Gasteiger partial charge in [0.15, 0.2) is 0 Å². The number of halogens is 2. The number of nitrogens with two attached hydrogens (primary N) is 1. The molecule has 0 heterocycles. The van der Waals surface area contributed by atoms with Crippen molar-refractivity contribution in [1.29, 1.82) is 0 Å². The highest BCUT2D eigenvalue weighted by Gasteiger charge is 2.23. The third-order valence-electron chi connectivity index (χ3n) is 4.39. The number of hydrogen-bond acceptors (Lipinski definition) is 1. The third kappa shape index (κ3) is 3.33. The van der Waals surface area contributed by atoms with Crippen LogP contribution in [0.15, 0.2) is 46.9 Å². The maximum atomic E-state index is 6.43. The number of fused-ring (bicyclic) bond motifs is 1. The van der Waals surface area contributed by atoms with Crippen molar-refractivity contribution < 1.29 is 0 Å². The molecule has 0 radical (unpaired) electrons.